The number of hydrogen-bond donors (Lipinski definition) is 0. The van der Waals surface area contributed by atoms with Gasteiger partial charge in [0, 0.05) is 68.4 Å². The predicted octanol–water partition coefficient (Wildman–Crippen LogP) is 5.05. The topological polar surface area (TPSA) is 43.9 Å². The van der Waals surface area contributed by atoms with Crippen LogP contribution in [0.2, 0.25) is 0 Å². The van der Waals surface area contributed by atoms with Crippen LogP contribution in [0.25, 0.3) is 0 Å². The van der Waals surface area contributed by atoms with E-state index in [2.05, 4.69) is 49.9 Å². The van der Waals surface area contributed by atoms with Crippen LogP contribution in [0.4, 0.5) is 11.4 Å². The molecule has 0 unspecified atom stereocenters. The van der Waals surface area contributed by atoms with Gasteiger partial charge in [-0.25, -0.2) is 0 Å². The van der Waals surface area contributed by atoms with E-state index in [1.165, 1.54) is 0 Å². The summed E-state index contributed by atoms with van der Waals surface area (Å²) < 4.78 is 1.01. The lowest BCUT2D eigenvalue weighted by atomic mass is 10.2. The van der Waals surface area contributed by atoms with Gasteiger partial charge >= 0.3 is 0 Å². The minimum atomic E-state index is 0.751. The third-order valence-electron chi connectivity index (χ3n) is 6.66. The molecule has 0 heterocycles. The summed E-state index contributed by atoms with van der Waals surface area (Å²) in [6.07, 6.45) is 4.03. The lowest BCUT2D eigenvalue weighted by Gasteiger charge is -2.31. The molecular formula is C29H45N4O2S2+. The molecule has 2 aromatic rings. The van der Waals surface area contributed by atoms with E-state index in [-0.39, 0.29) is 0 Å². The van der Waals surface area contributed by atoms with Crippen molar-refractivity contribution in [3.05, 3.63) is 59.7 Å². The standard InChI is InChI=1S/C29H45N4O2S2/c1-30(16-10-17-31(2)28-14-8-6-12-26(28)24-34)19-22-36-37-23-21-33(4,5)20-11-18-32(3)29-15-9-7-13-27(29)25-35/h6-9,12-15,24-25H,10-11,16-23H2,1-5H3/q+1. The summed E-state index contributed by atoms with van der Waals surface area (Å²) in [4.78, 5) is 29.3. The van der Waals surface area contributed by atoms with Crippen molar-refractivity contribution in [3.63, 3.8) is 0 Å². The molecule has 0 saturated carbocycles. The van der Waals surface area contributed by atoms with Crippen molar-refractivity contribution in [1.29, 1.82) is 0 Å². The number of benzene rings is 2. The second kappa shape index (κ2) is 16.8. The lowest BCUT2D eigenvalue weighted by molar-refractivity contribution is -0.887. The number of rotatable bonds is 19. The number of carbonyl (C=O) groups is 2. The van der Waals surface area contributed by atoms with Gasteiger partial charge in [0.25, 0.3) is 0 Å². The summed E-state index contributed by atoms with van der Waals surface area (Å²) in [5.74, 6) is 2.27. The van der Waals surface area contributed by atoms with Crippen LogP contribution in [0.15, 0.2) is 48.5 Å². The van der Waals surface area contributed by atoms with Crippen LogP contribution in [0.1, 0.15) is 33.6 Å². The molecule has 0 aliphatic carbocycles. The number of hydrogen-bond acceptors (Lipinski definition) is 7. The maximum absolute atomic E-state index is 11.3. The average molecular weight is 546 g/mol. The highest BCUT2D eigenvalue weighted by Crippen LogP contribution is 2.22. The number of aldehydes is 2. The summed E-state index contributed by atoms with van der Waals surface area (Å²) >= 11 is 0. The number of nitrogens with zero attached hydrogens (tertiary/aromatic N) is 4. The Kier molecular flexibility index (Phi) is 14.1. The van der Waals surface area contributed by atoms with Crippen molar-refractivity contribution in [2.75, 3.05) is 95.8 Å². The molecule has 0 amide bonds. The van der Waals surface area contributed by atoms with Crippen molar-refractivity contribution in [3.8, 4) is 0 Å². The van der Waals surface area contributed by atoms with Gasteiger partial charge in [-0.3, -0.25) is 9.59 Å². The minimum Gasteiger partial charge on any atom is -0.374 e. The molecule has 0 bridgehead atoms. The van der Waals surface area contributed by atoms with Crippen LogP contribution in [0, 0.1) is 0 Å². The molecule has 0 radical (unpaired) electrons. The summed E-state index contributed by atoms with van der Waals surface area (Å²) in [5, 5.41) is 0. The summed E-state index contributed by atoms with van der Waals surface area (Å²) in [5.41, 5.74) is 3.52. The summed E-state index contributed by atoms with van der Waals surface area (Å²) in [6, 6.07) is 15.6. The molecule has 0 N–H and O–H groups in total. The van der Waals surface area contributed by atoms with Crippen LogP contribution in [0.5, 0.6) is 0 Å². The number of quaternary nitrogens is 1. The van der Waals surface area contributed by atoms with E-state index in [9.17, 15) is 9.59 Å². The van der Waals surface area contributed by atoms with Gasteiger partial charge in [-0.1, -0.05) is 45.9 Å². The second-order valence-corrected chi connectivity index (χ2v) is 12.9. The molecule has 0 aromatic heterocycles. The Morgan fingerprint density at radius 1 is 0.676 bits per heavy atom. The van der Waals surface area contributed by atoms with Gasteiger partial charge in [0.15, 0.2) is 12.6 Å². The van der Waals surface area contributed by atoms with E-state index in [1.807, 2.05) is 70.1 Å². The maximum atomic E-state index is 11.3. The third-order valence-corrected chi connectivity index (χ3v) is 9.03. The van der Waals surface area contributed by atoms with Gasteiger partial charge in [-0.15, -0.1) is 0 Å². The smallest absolute Gasteiger partial charge is 0.152 e. The molecule has 37 heavy (non-hydrogen) atoms. The molecule has 0 aliphatic rings. The van der Waals surface area contributed by atoms with Gasteiger partial charge in [-0.05, 0) is 44.3 Å². The average Bonchev–Trinajstić information content (AvgIpc) is 2.90. The van der Waals surface area contributed by atoms with E-state index >= 15 is 0 Å². The molecule has 6 nitrogen and oxygen atoms in total. The van der Waals surface area contributed by atoms with Gasteiger partial charge in [0.05, 0.1) is 32.9 Å². The molecule has 0 fully saturated rings. The molecule has 2 aromatic carbocycles. The van der Waals surface area contributed by atoms with Gasteiger partial charge in [-0.2, -0.15) is 0 Å². The summed E-state index contributed by atoms with van der Waals surface area (Å²) in [6.45, 7) is 6.28. The predicted molar refractivity (Wildman–Crippen MR) is 164 cm³/mol. The van der Waals surface area contributed by atoms with E-state index < -0.39 is 0 Å². The van der Waals surface area contributed by atoms with E-state index in [0.29, 0.717) is 0 Å². The normalized spacial score (nSPS) is 11.5. The zero-order valence-electron chi connectivity index (χ0n) is 23.3. The van der Waals surface area contributed by atoms with Crippen LogP contribution in [0.3, 0.4) is 0 Å². The quantitative estimate of drug-likeness (QED) is 0.106. The van der Waals surface area contributed by atoms with Gasteiger partial charge in [0.1, 0.15) is 0 Å². The SMILES string of the molecule is CN(CCCN(C)c1ccccc1C=O)CCSSCC[N+](C)(C)CCCN(C)c1ccccc1C=O. The Bertz CT molecular complexity index is 957. The molecular weight excluding hydrogens is 500 g/mol. The van der Waals surface area contributed by atoms with Crippen molar-refractivity contribution in [2.24, 2.45) is 0 Å². The fraction of sp³-hybridized carbons (Fsp3) is 0.517. The molecule has 204 valence electrons. The van der Waals surface area contributed by atoms with Crippen molar-refractivity contribution >= 4 is 45.5 Å². The first kappa shape index (κ1) is 31.2. The first-order valence-corrected chi connectivity index (χ1v) is 15.5. The molecule has 0 atom stereocenters. The molecule has 0 saturated heterocycles. The highest BCUT2D eigenvalue weighted by molar-refractivity contribution is 8.76. The zero-order valence-corrected chi connectivity index (χ0v) is 24.9. The van der Waals surface area contributed by atoms with Crippen LogP contribution < -0.4 is 9.80 Å². The second-order valence-electron chi connectivity index (χ2n) is 10.2. The molecule has 0 aliphatic heterocycles. The Morgan fingerprint density at radius 2 is 1.19 bits per heavy atom. The zero-order chi connectivity index (χ0) is 27.1. The van der Waals surface area contributed by atoms with Gasteiger partial charge in [0.2, 0.25) is 0 Å². The Morgan fingerprint density at radius 3 is 1.76 bits per heavy atom. The summed E-state index contributed by atoms with van der Waals surface area (Å²) in [7, 11) is 14.9. The van der Waals surface area contributed by atoms with Crippen molar-refractivity contribution < 1.29 is 14.1 Å². The molecule has 8 heteroatoms. The van der Waals surface area contributed by atoms with Crippen LogP contribution in [-0.4, -0.2) is 108 Å². The number of carbonyl (C=O) groups excluding carboxylic acids is 2. The first-order chi connectivity index (χ1) is 17.8. The van der Waals surface area contributed by atoms with Crippen molar-refractivity contribution in [1.82, 2.24) is 4.90 Å². The monoisotopic (exact) mass is 545 g/mol. The van der Waals surface area contributed by atoms with E-state index in [0.717, 1.165) is 103 Å². The highest BCUT2D eigenvalue weighted by Gasteiger charge is 2.15. The Hall–Kier alpha value is -2.00. The Labute approximate surface area is 232 Å². The van der Waals surface area contributed by atoms with Gasteiger partial charge < -0.3 is 19.2 Å². The highest BCUT2D eigenvalue weighted by atomic mass is 33.1. The lowest BCUT2D eigenvalue weighted by Crippen LogP contribution is -2.43. The fourth-order valence-corrected chi connectivity index (χ4v) is 6.59. The largest absolute Gasteiger partial charge is 0.374 e. The minimum absolute atomic E-state index is 0.751. The van der Waals surface area contributed by atoms with Crippen LogP contribution in [-0.2, 0) is 0 Å². The molecule has 2 rings (SSSR count). The third kappa shape index (κ3) is 11.5. The fourth-order valence-electron chi connectivity index (χ4n) is 4.24. The van der Waals surface area contributed by atoms with Crippen molar-refractivity contribution in [2.45, 2.75) is 12.8 Å². The number of anilines is 2. The molecule has 0 spiro atoms. The Balaban J connectivity index is 1.54. The van der Waals surface area contributed by atoms with Crippen LogP contribution >= 0.6 is 21.6 Å². The van der Waals surface area contributed by atoms with E-state index in [1.54, 1.807) is 0 Å². The maximum Gasteiger partial charge on any atom is 0.152 e. The first-order valence-electron chi connectivity index (χ1n) is 13.0. The number of para-hydroxylation sites is 2. The van der Waals surface area contributed by atoms with E-state index in [4.69, 9.17) is 0 Å².